The summed E-state index contributed by atoms with van der Waals surface area (Å²) in [6, 6.07) is 55.3. The number of benzene rings is 6. The number of para-hydroxylation sites is 4. The topological polar surface area (TPSA) is 35.6 Å². The van der Waals surface area contributed by atoms with Crippen LogP contribution in [0.3, 0.4) is 0 Å². The number of hydrogen-bond acceptors (Lipinski definition) is 2. The van der Waals surface area contributed by atoms with Crippen LogP contribution >= 0.6 is 0 Å². The maximum Gasteiger partial charge on any atom is 0.162 e. The summed E-state index contributed by atoms with van der Waals surface area (Å²) in [7, 11) is 0. The molecule has 0 aliphatic rings. The van der Waals surface area contributed by atoms with Gasteiger partial charge in [-0.2, -0.15) is 0 Å². The van der Waals surface area contributed by atoms with Crippen molar-refractivity contribution in [1.29, 1.82) is 0 Å². The van der Waals surface area contributed by atoms with Crippen LogP contribution in [-0.2, 0) is 0 Å². The quantitative estimate of drug-likeness (QED) is 0.214. The number of fused-ring (bicyclic) bond motifs is 6. The molecule has 0 spiro atoms. The minimum atomic E-state index is 0.697. The third-order valence-corrected chi connectivity index (χ3v) is 8.54. The lowest BCUT2D eigenvalue weighted by atomic mass is 10.1. The van der Waals surface area contributed by atoms with Crippen LogP contribution < -0.4 is 0 Å². The largest absolute Gasteiger partial charge is 0.307 e. The minimum Gasteiger partial charge on any atom is -0.307 e. The number of aromatic nitrogens is 4. The predicted molar refractivity (Wildman–Crippen MR) is 182 cm³/mol. The lowest BCUT2D eigenvalue weighted by Gasteiger charge is -2.15. The van der Waals surface area contributed by atoms with Crippen molar-refractivity contribution in [3.63, 3.8) is 0 Å². The maximum absolute atomic E-state index is 5.26. The van der Waals surface area contributed by atoms with Crippen LogP contribution in [0, 0.1) is 0 Å². The van der Waals surface area contributed by atoms with Crippen molar-refractivity contribution in [2.24, 2.45) is 0 Å². The van der Waals surface area contributed by atoms with Gasteiger partial charge in [-0.1, -0.05) is 127 Å². The summed E-state index contributed by atoms with van der Waals surface area (Å²) in [5.41, 5.74) is 8.59. The van der Waals surface area contributed by atoms with Gasteiger partial charge in [0, 0.05) is 38.7 Å². The third-order valence-electron chi connectivity index (χ3n) is 8.54. The fraction of sp³-hybridized carbons (Fsp3) is 0. The molecule has 0 radical (unpaired) electrons. The molecule has 3 heterocycles. The van der Waals surface area contributed by atoms with Crippen molar-refractivity contribution >= 4 is 43.6 Å². The molecule has 0 aliphatic heterocycles. The monoisotopic (exact) mass is 562 g/mol. The highest BCUT2D eigenvalue weighted by Gasteiger charge is 2.21. The van der Waals surface area contributed by atoms with E-state index in [-0.39, 0.29) is 0 Å². The highest BCUT2D eigenvalue weighted by Crippen LogP contribution is 2.39. The van der Waals surface area contributed by atoms with Crippen LogP contribution in [0.25, 0.3) is 77.8 Å². The zero-order valence-electron chi connectivity index (χ0n) is 23.8. The molecular weight excluding hydrogens is 536 g/mol. The van der Waals surface area contributed by atoms with E-state index in [9.17, 15) is 0 Å². The first-order chi connectivity index (χ1) is 21.8. The van der Waals surface area contributed by atoms with E-state index in [2.05, 4.69) is 143 Å². The van der Waals surface area contributed by atoms with E-state index in [1.54, 1.807) is 0 Å². The summed E-state index contributed by atoms with van der Waals surface area (Å²) in [6.07, 6.45) is 0. The first-order valence-corrected chi connectivity index (χ1v) is 14.9. The normalized spacial score (nSPS) is 11.6. The first kappa shape index (κ1) is 24.6. The summed E-state index contributed by atoms with van der Waals surface area (Å²) in [4.78, 5) is 10.3. The number of rotatable bonds is 4. The molecule has 3 aromatic heterocycles. The highest BCUT2D eigenvalue weighted by atomic mass is 15.1. The molecule has 0 N–H and O–H groups in total. The van der Waals surface area contributed by atoms with Gasteiger partial charge in [-0.25, -0.2) is 9.97 Å². The van der Waals surface area contributed by atoms with Crippen molar-refractivity contribution in [2.45, 2.75) is 0 Å². The van der Waals surface area contributed by atoms with Gasteiger partial charge in [0.2, 0.25) is 0 Å². The molecule has 0 aliphatic carbocycles. The third kappa shape index (κ3) is 3.71. The van der Waals surface area contributed by atoms with Gasteiger partial charge in [-0.05, 0) is 24.3 Å². The van der Waals surface area contributed by atoms with Gasteiger partial charge in [-0.3, -0.25) is 4.57 Å². The average Bonchev–Trinajstić information content (AvgIpc) is 3.62. The molecule has 0 fully saturated rings. The van der Waals surface area contributed by atoms with Crippen molar-refractivity contribution in [1.82, 2.24) is 19.1 Å². The van der Waals surface area contributed by atoms with Gasteiger partial charge in [0.25, 0.3) is 0 Å². The zero-order valence-corrected chi connectivity index (χ0v) is 23.8. The second-order valence-corrected chi connectivity index (χ2v) is 11.1. The molecule has 6 aromatic carbocycles. The second kappa shape index (κ2) is 9.79. The molecule has 0 unspecified atom stereocenters. The molecule has 44 heavy (non-hydrogen) atoms. The first-order valence-electron chi connectivity index (χ1n) is 14.9. The van der Waals surface area contributed by atoms with E-state index in [1.807, 2.05) is 24.3 Å². The van der Waals surface area contributed by atoms with Gasteiger partial charge in [-0.15, -0.1) is 0 Å². The molecule has 4 nitrogen and oxygen atoms in total. The smallest absolute Gasteiger partial charge is 0.162 e. The average molecular weight is 563 g/mol. The summed E-state index contributed by atoms with van der Waals surface area (Å²) < 4.78 is 4.73. The van der Waals surface area contributed by atoms with E-state index >= 15 is 0 Å². The lowest BCUT2D eigenvalue weighted by molar-refractivity contribution is 1.04. The molecule has 9 aromatic rings. The fourth-order valence-corrected chi connectivity index (χ4v) is 6.62. The van der Waals surface area contributed by atoms with E-state index in [0.29, 0.717) is 5.82 Å². The van der Waals surface area contributed by atoms with E-state index in [4.69, 9.17) is 9.97 Å². The van der Waals surface area contributed by atoms with Crippen LogP contribution in [0.1, 0.15) is 0 Å². The summed E-state index contributed by atoms with van der Waals surface area (Å²) in [6.45, 7) is 0. The molecule has 206 valence electrons. The fourth-order valence-electron chi connectivity index (χ4n) is 6.62. The zero-order chi connectivity index (χ0) is 29.0. The van der Waals surface area contributed by atoms with Crippen molar-refractivity contribution in [2.75, 3.05) is 0 Å². The Kier molecular flexibility index (Phi) is 5.47. The van der Waals surface area contributed by atoms with E-state index < -0.39 is 0 Å². The Labute approximate surface area is 254 Å². The van der Waals surface area contributed by atoms with Crippen molar-refractivity contribution < 1.29 is 0 Å². The predicted octanol–water partition coefficient (Wildman–Crippen LogP) is 10.0. The van der Waals surface area contributed by atoms with E-state index in [1.165, 1.54) is 32.6 Å². The Morgan fingerprint density at radius 1 is 0.386 bits per heavy atom. The standard InChI is InChI=1S/C40H26N4/c1-3-14-27(15-4-1)33-26-38(42-40(41-33)28-16-5-2-6-17-28)44-36-24-12-9-20-31(36)32-21-13-25-37(39(32)44)43-34-22-10-7-18-29(34)30-19-8-11-23-35(30)43/h1-26H. The van der Waals surface area contributed by atoms with Gasteiger partial charge >= 0.3 is 0 Å². The second-order valence-electron chi connectivity index (χ2n) is 11.1. The number of nitrogens with zero attached hydrogens (tertiary/aromatic N) is 4. The van der Waals surface area contributed by atoms with Gasteiger partial charge < -0.3 is 4.57 Å². The van der Waals surface area contributed by atoms with E-state index in [0.717, 1.165) is 39.4 Å². The van der Waals surface area contributed by atoms with Crippen LogP contribution in [0.2, 0.25) is 0 Å². The Morgan fingerprint density at radius 3 is 1.52 bits per heavy atom. The van der Waals surface area contributed by atoms with Crippen LogP contribution in [0.4, 0.5) is 0 Å². The number of hydrogen-bond donors (Lipinski definition) is 0. The molecule has 9 rings (SSSR count). The van der Waals surface area contributed by atoms with Gasteiger partial charge in [0.1, 0.15) is 5.82 Å². The molecule has 4 heteroatoms. The summed E-state index contributed by atoms with van der Waals surface area (Å²) in [5, 5.41) is 4.84. The highest BCUT2D eigenvalue weighted by molar-refractivity contribution is 6.15. The lowest BCUT2D eigenvalue weighted by Crippen LogP contribution is -2.05. The molecular formula is C40H26N4. The van der Waals surface area contributed by atoms with Gasteiger partial charge in [0.15, 0.2) is 5.82 Å². The van der Waals surface area contributed by atoms with Crippen LogP contribution in [-0.4, -0.2) is 19.1 Å². The minimum absolute atomic E-state index is 0.697. The van der Waals surface area contributed by atoms with Crippen LogP contribution in [0.15, 0.2) is 158 Å². The molecule has 0 bridgehead atoms. The molecule has 0 saturated heterocycles. The Bertz CT molecular complexity index is 2380. The Hall–Kier alpha value is -6.00. The molecule has 0 amide bonds. The summed E-state index contributed by atoms with van der Waals surface area (Å²) >= 11 is 0. The van der Waals surface area contributed by atoms with Crippen molar-refractivity contribution in [3.05, 3.63) is 158 Å². The Morgan fingerprint density at radius 2 is 0.886 bits per heavy atom. The maximum atomic E-state index is 5.26. The molecule has 0 saturated carbocycles. The van der Waals surface area contributed by atoms with Crippen molar-refractivity contribution in [3.8, 4) is 34.2 Å². The van der Waals surface area contributed by atoms with Crippen LogP contribution in [0.5, 0.6) is 0 Å². The SMILES string of the molecule is c1ccc(-c2cc(-n3c4ccccc4c4cccc(-n5c6ccccc6c6ccccc65)c43)nc(-c3ccccc3)n2)cc1. The summed E-state index contributed by atoms with van der Waals surface area (Å²) in [5.74, 6) is 1.53. The van der Waals surface area contributed by atoms with Gasteiger partial charge in [0.05, 0.1) is 33.4 Å². The molecule has 0 atom stereocenters. The Balaban J connectivity index is 1.43.